The standard InChI is InChI=1S/C14H15N3O/c1-11-3-5-13(6-4-11)14(18)12(2)17(9-7-15)10-8-16/h3-6,12H,9-10H2,1-2H3. The summed E-state index contributed by atoms with van der Waals surface area (Å²) >= 11 is 0. The third-order valence-corrected chi connectivity index (χ3v) is 2.81. The first kappa shape index (κ1) is 13.9. The molecule has 1 aromatic carbocycles. The molecular formula is C14H15N3O. The fourth-order valence-corrected chi connectivity index (χ4v) is 1.64. The average molecular weight is 241 g/mol. The first-order valence-corrected chi connectivity index (χ1v) is 5.69. The van der Waals surface area contributed by atoms with E-state index in [0.717, 1.165) is 5.56 Å². The predicted octanol–water partition coefficient (Wildman–Crippen LogP) is 1.92. The normalized spacial score (nSPS) is 11.6. The van der Waals surface area contributed by atoms with Crippen molar-refractivity contribution in [1.82, 2.24) is 4.90 Å². The molecule has 0 aromatic heterocycles. The zero-order valence-corrected chi connectivity index (χ0v) is 10.6. The number of carbonyl (C=O) groups excluding carboxylic acids is 1. The van der Waals surface area contributed by atoms with Crippen molar-refractivity contribution in [2.45, 2.75) is 19.9 Å². The molecule has 0 bridgehead atoms. The SMILES string of the molecule is Cc1ccc(C(=O)C(C)N(CC#N)CC#N)cc1. The lowest BCUT2D eigenvalue weighted by atomic mass is 10.0. The summed E-state index contributed by atoms with van der Waals surface area (Å²) in [6.45, 7) is 3.82. The summed E-state index contributed by atoms with van der Waals surface area (Å²) in [4.78, 5) is 13.7. The summed E-state index contributed by atoms with van der Waals surface area (Å²) in [7, 11) is 0. The highest BCUT2D eigenvalue weighted by Gasteiger charge is 2.21. The minimum absolute atomic E-state index is 0.0690. The average Bonchev–Trinajstić information content (AvgIpc) is 2.38. The molecule has 4 nitrogen and oxygen atoms in total. The van der Waals surface area contributed by atoms with Gasteiger partial charge >= 0.3 is 0 Å². The second kappa shape index (κ2) is 6.54. The van der Waals surface area contributed by atoms with Crippen LogP contribution in [0, 0.1) is 29.6 Å². The van der Waals surface area contributed by atoms with Crippen molar-refractivity contribution in [3.8, 4) is 12.1 Å². The van der Waals surface area contributed by atoms with Gasteiger partial charge in [-0.15, -0.1) is 0 Å². The van der Waals surface area contributed by atoms with Gasteiger partial charge in [0.2, 0.25) is 0 Å². The maximum Gasteiger partial charge on any atom is 0.179 e. The molecule has 0 aliphatic rings. The highest BCUT2D eigenvalue weighted by molar-refractivity contribution is 5.99. The first-order valence-electron chi connectivity index (χ1n) is 5.69. The lowest BCUT2D eigenvalue weighted by Gasteiger charge is -2.22. The van der Waals surface area contributed by atoms with Gasteiger partial charge in [0, 0.05) is 5.56 Å². The highest BCUT2D eigenvalue weighted by atomic mass is 16.1. The van der Waals surface area contributed by atoms with Gasteiger partial charge in [0.1, 0.15) is 0 Å². The van der Waals surface area contributed by atoms with E-state index in [9.17, 15) is 4.79 Å². The molecule has 0 aliphatic carbocycles. The van der Waals surface area contributed by atoms with Gasteiger partial charge in [-0.2, -0.15) is 10.5 Å². The summed E-state index contributed by atoms with van der Waals surface area (Å²) in [5.74, 6) is -0.0690. The van der Waals surface area contributed by atoms with E-state index in [4.69, 9.17) is 10.5 Å². The predicted molar refractivity (Wildman–Crippen MR) is 67.8 cm³/mol. The maximum atomic E-state index is 12.2. The maximum absolute atomic E-state index is 12.2. The molecule has 0 fully saturated rings. The van der Waals surface area contributed by atoms with Crippen LogP contribution in [0.5, 0.6) is 0 Å². The van der Waals surface area contributed by atoms with Crippen LogP contribution in [0.25, 0.3) is 0 Å². The molecule has 0 heterocycles. The van der Waals surface area contributed by atoms with Crippen LogP contribution in [0.1, 0.15) is 22.8 Å². The van der Waals surface area contributed by atoms with Gasteiger partial charge in [0.05, 0.1) is 31.3 Å². The number of aryl methyl sites for hydroxylation is 1. The van der Waals surface area contributed by atoms with Gasteiger partial charge in [-0.05, 0) is 13.8 Å². The van der Waals surface area contributed by atoms with Crippen molar-refractivity contribution < 1.29 is 4.79 Å². The zero-order valence-electron chi connectivity index (χ0n) is 10.6. The van der Waals surface area contributed by atoms with Gasteiger partial charge in [-0.1, -0.05) is 29.8 Å². The Kier molecular flexibility index (Phi) is 5.05. The molecule has 0 amide bonds. The molecule has 0 spiro atoms. The summed E-state index contributed by atoms with van der Waals surface area (Å²) < 4.78 is 0. The number of ketones is 1. The lowest BCUT2D eigenvalue weighted by molar-refractivity contribution is 0.0868. The van der Waals surface area contributed by atoms with Gasteiger partial charge in [0.25, 0.3) is 0 Å². The van der Waals surface area contributed by atoms with E-state index < -0.39 is 6.04 Å². The van der Waals surface area contributed by atoms with Crippen molar-refractivity contribution in [3.63, 3.8) is 0 Å². The third kappa shape index (κ3) is 3.41. The first-order chi connectivity index (χ1) is 8.60. The van der Waals surface area contributed by atoms with Crippen LogP contribution >= 0.6 is 0 Å². The largest absolute Gasteiger partial charge is 0.292 e. The summed E-state index contributed by atoms with van der Waals surface area (Å²) in [5, 5.41) is 17.4. The smallest absolute Gasteiger partial charge is 0.179 e. The Balaban J connectivity index is 2.85. The van der Waals surface area contributed by atoms with Crippen LogP contribution in [-0.4, -0.2) is 29.8 Å². The molecule has 0 radical (unpaired) electrons. The van der Waals surface area contributed by atoms with E-state index in [1.54, 1.807) is 24.0 Å². The number of Topliss-reactive ketones (excluding diaryl/α,β-unsaturated/α-hetero) is 1. The molecule has 18 heavy (non-hydrogen) atoms. The van der Waals surface area contributed by atoms with Crippen LogP contribution in [-0.2, 0) is 0 Å². The molecule has 1 rings (SSSR count). The van der Waals surface area contributed by atoms with Gasteiger partial charge in [0.15, 0.2) is 5.78 Å². The Bertz CT molecular complexity index is 477. The molecular weight excluding hydrogens is 226 g/mol. The van der Waals surface area contributed by atoms with Gasteiger partial charge in [-0.3, -0.25) is 9.69 Å². The lowest BCUT2D eigenvalue weighted by Crippen LogP contribution is -2.39. The quantitative estimate of drug-likeness (QED) is 0.583. The topological polar surface area (TPSA) is 67.9 Å². The Morgan fingerprint density at radius 1 is 1.22 bits per heavy atom. The number of rotatable bonds is 5. The number of nitrogens with zero attached hydrogens (tertiary/aromatic N) is 3. The van der Waals surface area contributed by atoms with Crippen LogP contribution in [0.15, 0.2) is 24.3 Å². The Morgan fingerprint density at radius 2 is 1.72 bits per heavy atom. The molecule has 92 valence electrons. The number of nitriles is 2. The highest BCUT2D eigenvalue weighted by Crippen LogP contribution is 2.10. The molecule has 1 atom stereocenters. The summed E-state index contributed by atoms with van der Waals surface area (Å²) in [5.41, 5.74) is 1.69. The van der Waals surface area contributed by atoms with Gasteiger partial charge < -0.3 is 0 Å². The van der Waals surface area contributed by atoms with Crippen LogP contribution in [0.3, 0.4) is 0 Å². The van der Waals surface area contributed by atoms with E-state index in [-0.39, 0.29) is 18.9 Å². The van der Waals surface area contributed by atoms with E-state index >= 15 is 0 Å². The van der Waals surface area contributed by atoms with Crippen LogP contribution < -0.4 is 0 Å². The second-order valence-electron chi connectivity index (χ2n) is 4.13. The number of hydrogen-bond donors (Lipinski definition) is 0. The summed E-state index contributed by atoms with van der Waals surface area (Å²) in [6, 6.07) is 10.8. The van der Waals surface area contributed by atoms with Crippen molar-refractivity contribution in [2.24, 2.45) is 0 Å². The minimum Gasteiger partial charge on any atom is -0.292 e. The van der Waals surface area contributed by atoms with Crippen molar-refractivity contribution in [1.29, 1.82) is 10.5 Å². The van der Waals surface area contributed by atoms with Crippen molar-refractivity contribution in [2.75, 3.05) is 13.1 Å². The number of hydrogen-bond acceptors (Lipinski definition) is 4. The van der Waals surface area contributed by atoms with Crippen LogP contribution in [0.2, 0.25) is 0 Å². The molecule has 1 aromatic rings. The number of carbonyl (C=O) groups is 1. The molecule has 0 N–H and O–H groups in total. The van der Waals surface area contributed by atoms with E-state index in [1.165, 1.54) is 0 Å². The van der Waals surface area contributed by atoms with Crippen LogP contribution in [0.4, 0.5) is 0 Å². The van der Waals surface area contributed by atoms with E-state index in [1.807, 2.05) is 31.2 Å². The molecule has 1 unspecified atom stereocenters. The van der Waals surface area contributed by atoms with Crippen molar-refractivity contribution in [3.05, 3.63) is 35.4 Å². The third-order valence-electron chi connectivity index (χ3n) is 2.81. The number of benzene rings is 1. The van der Waals surface area contributed by atoms with Crippen molar-refractivity contribution >= 4 is 5.78 Å². The second-order valence-corrected chi connectivity index (χ2v) is 4.13. The molecule has 0 saturated carbocycles. The Hall–Kier alpha value is -2.17. The molecule has 0 saturated heterocycles. The molecule has 4 heteroatoms. The summed E-state index contributed by atoms with van der Waals surface area (Å²) in [6.07, 6.45) is 0. The Labute approximate surface area is 107 Å². The monoisotopic (exact) mass is 241 g/mol. The fraction of sp³-hybridized carbons (Fsp3) is 0.357. The Morgan fingerprint density at radius 3 is 2.17 bits per heavy atom. The zero-order chi connectivity index (χ0) is 13.5. The van der Waals surface area contributed by atoms with E-state index in [2.05, 4.69) is 0 Å². The molecule has 0 aliphatic heterocycles. The fourth-order valence-electron chi connectivity index (χ4n) is 1.64. The van der Waals surface area contributed by atoms with E-state index in [0.29, 0.717) is 5.56 Å². The van der Waals surface area contributed by atoms with Gasteiger partial charge in [-0.25, -0.2) is 0 Å². The minimum atomic E-state index is -0.466.